The normalized spacial score (nSPS) is 11.9. The number of furan rings is 1. The van der Waals surface area contributed by atoms with Gasteiger partial charge in [-0.05, 0) is 118 Å². The van der Waals surface area contributed by atoms with Crippen LogP contribution in [0.4, 0.5) is 0 Å². The number of fused-ring (bicyclic) bond motifs is 9. The van der Waals surface area contributed by atoms with E-state index in [0.29, 0.717) is 5.71 Å². The van der Waals surface area contributed by atoms with Gasteiger partial charge in [-0.1, -0.05) is 109 Å². The van der Waals surface area contributed by atoms with E-state index in [1.807, 2.05) is 6.07 Å². The maximum Gasteiger partial charge on any atom is 0.227 e. The maximum atomic E-state index is 6.03. The molecular formula is C53H33N3O. The Morgan fingerprint density at radius 1 is 0.351 bits per heavy atom. The van der Waals surface area contributed by atoms with E-state index < -0.39 is 0 Å². The van der Waals surface area contributed by atoms with Gasteiger partial charge in [0, 0.05) is 49.9 Å². The van der Waals surface area contributed by atoms with Crippen molar-refractivity contribution >= 4 is 65.7 Å². The van der Waals surface area contributed by atoms with E-state index in [0.717, 1.165) is 33.2 Å². The Morgan fingerprint density at radius 3 is 1.82 bits per heavy atom. The maximum absolute atomic E-state index is 6.03. The number of benzene rings is 8. The van der Waals surface area contributed by atoms with Crippen LogP contribution in [0, 0.1) is 0 Å². The molecule has 12 rings (SSSR count). The number of pyridine rings is 1. The molecular weight excluding hydrogens is 695 g/mol. The minimum Gasteiger partial charge on any atom is -0.438 e. The Hall–Kier alpha value is -7.69. The molecule has 4 aromatic heterocycles. The fraction of sp³-hybridized carbons (Fsp3) is 0. The van der Waals surface area contributed by atoms with Crippen LogP contribution in [-0.2, 0) is 0 Å². The number of para-hydroxylation sites is 3. The van der Waals surface area contributed by atoms with Gasteiger partial charge in [0.2, 0.25) is 5.71 Å². The second kappa shape index (κ2) is 12.4. The molecule has 0 aliphatic carbocycles. The lowest BCUT2D eigenvalue weighted by Crippen LogP contribution is -1.94. The molecule has 0 saturated heterocycles. The van der Waals surface area contributed by atoms with E-state index in [1.54, 1.807) is 6.20 Å². The van der Waals surface area contributed by atoms with Gasteiger partial charge in [-0.2, -0.15) is 0 Å². The summed E-state index contributed by atoms with van der Waals surface area (Å²) in [5.74, 6) is 0. The van der Waals surface area contributed by atoms with Crippen molar-refractivity contribution in [3.8, 4) is 44.8 Å². The van der Waals surface area contributed by atoms with Crippen LogP contribution in [0.15, 0.2) is 205 Å². The quantitative estimate of drug-likeness (QED) is 0.177. The smallest absolute Gasteiger partial charge is 0.227 e. The van der Waals surface area contributed by atoms with E-state index in [2.05, 4.69) is 202 Å². The molecule has 8 aromatic carbocycles. The zero-order valence-electron chi connectivity index (χ0n) is 30.8. The van der Waals surface area contributed by atoms with Crippen LogP contribution < -0.4 is 0 Å². The minimum absolute atomic E-state index is 0.665. The first-order chi connectivity index (χ1) is 28.3. The van der Waals surface area contributed by atoms with Crippen molar-refractivity contribution in [2.75, 3.05) is 0 Å². The SMILES string of the molecule is c1ccc(-n2c3ccccc3c3cc(-c4cccc(-c5cccc6c5c5ccccc5n6-c5cccc(-c6ccc7oc8ncccc8c7c6)c5)c4)ccc32)cc1. The van der Waals surface area contributed by atoms with E-state index in [1.165, 1.54) is 71.6 Å². The van der Waals surface area contributed by atoms with Crippen LogP contribution in [0.3, 0.4) is 0 Å². The first-order valence-corrected chi connectivity index (χ1v) is 19.4. The highest BCUT2D eigenvalue weighted by Gasteiger charge is 2.18. The highest BCUT2D eigenvalue weighted by molar-refractivity contribution is 6.16. The van der Waals surface area contributed by atoms with Gasteiger partial charge in [0.1, 0.15) is 5.58 Å². The summed E-state index contributed by atoms with van der Waals surface area (Å²) in [4.78, 5) is 4.44. The molecule has 0 saturated carbocycles. The average Bonchev–Trinajstić information content (AvgIpc) is 3.94. The molecule has 0 fully saturated rings. The molecule has 12 aromatic rings. The Morgan fingerprint density at radius 2 is 0.947 bits per heavy atom. The molecule has 0 spiro atoms. The van der Waals surface area contributed by atoms with Crippen LogP contribution in [0.1, 0.15) is 0 Å². The van der Waals surface area contributed by atoms with Crippen molar-refractivity contribution in [3.05, 3.63) is 200 Å². The topological polar surface area (TPSA) is 35.9 Å². The first kappa shape index (κ1) is 31.6. The third-order valence-electron chi connectivity index (χ3n) is 11.6. The third kappa shape index (κ3) is 4.91. The molecule has 0 atom stereocenters. The lowest BCUT2D eigenvalue weighted by molar-refractivity contribution is 0.654. The number of aromatic nitrogens is 3. The van der Waals surface area contributed by atoms with Crippen molar-refractivity contribution in [2.24, 2.45) is 0 Å². The van der Waals surface area contributed by atoms with Crippen LogP contribution in [0.5, 0.6) is 0 Å². The summed E-state index contributed by atoms with van der Waals surface area (Å²) >= 11 is 0. The van der Waals surface area contributed by atoms with Gasteiger partial charge in [0.25, 0.3) is 0 Å². The monoisotopic (exact) mass is 727 g/mol. The zero-order chi connectivity index (χ0) is 37.5. The second-order valence-corrected chi connectivity index (χ2v) is 14.8. The van der Waals surface area contributed by atoms with Gasteiger partial charge in [-0.15, -0.1) is 0 Å². The van der Waals surface area contributed by atoms with Crippen LogP contribution >= 0.6 is 0 Å². The van der Waals surface area contributed by atoms with Crippen LogP contribution in [0.25, 0.3) is 110 Å². The van der Waals surface area contributed by atoms with Gasteiger partial charge in [-0.3, -0.25) is 0 Å². The number of hydrogen-bond donors (Lipinski definition) is 0. The van der Waals surface area contributed by atoms with Gasteiger partial charge >= 0.3 is 0 Å². The van der Waals surface area contributed by atoms with Gasteiger partial charge in [0.05, 0.1) is 22.1 Å². The summed E-state index contributed by atoms with van der Waals surface area (Å²) in [7, 11) is 0. The molecule has 0 aliphatic rings. The lowest BCUT2D eigenvalue weighted by atomic mass is 9.95. The molecule has 57 heavy (non-hydrogen) atoms. The van der Waals surface area contributed by atoms with Gasteiger partial charge in [-0.25, -0.2) is 4.98 Å². The molecule has 0 unspecified atom stereocenters. The van der Waals surface area contributed by atoms with E-state index >= 15 is 0 Å². The minimum atomic E-state index is 0.665. The largest absolute Gasteiger partial charge is 0.438 e. The van der Waals surface area contributed by atoms with Crippen molar-refractivity contribution in [1.29, 1.82) is 0 Å². The molecule has 0 N–H and O–H groups in total. The molecule has 4 nitrogen and oxygen atoms in total. The Kier molecular flexibility index (Phi) is 6.89. The fourth-order valence-corrected chi connectivity index (χ4v) is 9.03. The summed E-state index contributed by atoms with van der Waals surface area (Å²) in [6, 6.07) is 70.1. The Labute approximate surface area is 328 Å². The molecule has 266 valence electrons. The highest BCUT2D eigenvalue weighted by atomic mass is 16.3. The van der Waals surface area contributed by atoms with Gasteiger partial charge in [0.15, 0.2) is 0 Å². The standard InChI is InChI=1S/C53H33N3O/c1-2-15-39(16-3-1)55-47-22-6-4-18-42(47)45-32-36(25-27-49(45)55)34-12-8-14-38(30-34)41-20-10-24-50-52(41)44-19-5-7-23-48(44)56(50)40-17-9-13-35(31-40)37-26-28-51-46(33-37)43-21-11-29-54-53(43)57-51/h1-33H. The van der Waals surface area contributed by atoms with E-state index in [9.17, 15) is 0 Å². The molecule has 4 heteroatoms. The Bertz CT molecular complexity index is 3530. The van der Waals surface area contributed by atoms with E-state index in [-0.39, 0.29) is 0 Å². The first-order valence-electron chi connectivity index (χ1n) is 19.4. The molecule has 0 bridgehead atoms. The summed E-state index contributed by atoms with van der Waals surface area (Å²) in [6.45, 7) is 0. The predicted octanol–water partition coefficient (Wildman–Crippen LogP) is 14.2. The number of hydrogen-bond acceptors (Lipinski definition) is 2. The zero-order valence-corrected chi connectivity index (χ0v) is 30.8. The highest BCUT2D eigenvalue weighted by Crippen LogP contribution is 2.41. The summed E-state index contributed by atoms with van der Waals surface area (Å²) in [6.07, 6.45) is 1.77. The van der Waals surface area contributed by atoms with Gasteiger partial charge < -0.3 is 13.6 Å². The molecule has 0 radical (unpaired) electrons. The predicted molar refractivity (Wildman–Crippen MR) is 237 cm³/mol. The molecule has 0 aliphatic heterocycles. The average molecular weight is 728 g/mol. The fourth-order valence-electron chi connectivity index (χ4n) is 9.03. The second-order valence-electron chi connectivity index (χ2n) is 14.8. The van der Waals surface area contributed by atoms with Crippen molar-refractivity contribution in [1.82, 2.24) is 14.1 Å². The van der Waals surface area contributed by atoms with E-state index in [4.69, 9.17) is 4.42 Å². The lowest BCUT2D eigenvalue weighted by Gasteiger charge is -2.12. The number of nitrogens with zero attached hydrogens (tertiary/aromatic N) is 3. The van der Waals surface area contributed by atoms with Crippen molar-refractivity contribution < 1.29 is 4.42 Å². The molecule has 0 amide bonds. The van der Waals surface area contributed by atoms with Crippen LogP contribution in [0.2, 0.25) is 0 Å². The molecule has 4 heterocycles. The van der Waals surface area contributed by atoms with Crippen molar-refractivity contribution in [2.45, 2.75) is 0 Å². The number of rotatable bonds is 5. The van der Waals surface area contributed by atoms with Crippen LogP contribution in [-0.4, -0.2) is 14.1 Å². The summed E-state index contributed by atoms with van der Waals surface area (Å²) < 4.78 is 10.8. The van der Waals surface area contributed by atoms with Crippen molar-refractivity contribution in [3.63, 3.8) is 0 Å². The Balaban J connectivity index is 0.989. The summed E-state index contributed by atoms with van der Waals surface area (Å²) in [5.41, 5.74) is 15.6. The summed E-state index contributed by atoms with van der Waals surface area (Å²) in [5, 5.41) is 7.08. The third-order valence-corrected chi connectivity index (χ3v) is 11.6.